The van der Waals surface area contributed by atoms with Crippen molar-refractivity contribution in [1.29, 1.82) is 0 Å². The summed E-state index contributed by atoms with van der Waals surface area (Å²) < 4.78 is 27.7. The minimum absolute atomic E-state index is 0.0127. The fourth-order valence-electron chi connectivity index (χ4n) is 4.17. The predicted molar refractivity (Wildman–Crippen MR) is 106 cm³/mol. The molecule has 0 radical (unpaired) electrons. The Labute approximate surface area is 163 Å². The first kappa shape index (κ1) is 20.3. The van der Waals surface area contributed by atoms with E-state index in [4.69, 9.17) is 0 Å². The van der Waals surface area contributed by atoms with Crippen molar-refractivity contribution in [3.05, 3.63) is 30.3 Å². The van der Waals surface area contributed by atoms with E-state index in [9.17, 15) is 13.2 Å². The molecule has 1 N–H and O–H groups in total. The van der Waals surface area contributed by atoms with Crippen LogP contribution in [0.1, 0.15) is 38.5 Å². The van der Waals surface area contributed by atoms with Crippen molar-refractivity contribution >= 4 is 15.9 Å². The highest BCUT2D eigenvalue weighted by Crippen LogP contribution is 2.28. The molecule has 7 heteroatoms. The van der Waals surface area contributed by atoms with Crippen LogP contribution >= 0.6 is 0 Å². The van der Waals surface area contributed by atoms with Gasteiger partial charge in [-0.05, 0) is 63.7 Å². The molecule has 150 valence electrons. The Morgan fingerprint density at radius 1 is 1.07 bits per heavy atom. The molecule has 2 saturated heterocycles. The Balaban J connectivity index is 1.70. The van der Waals surface area contributed by atoms with Gasteiger partial charge in [0.1, 0.15) is 6.04 Å². The van der Waals surface area contributed by atoms with Gasteiger partial charge in [-0.3, -0.25) is 4.79 Å². The minimum atomic E-state index is -3.64. The highest BCUT2D eigenvalue weighted by molar-refractivity contribution is 7.89. The van der Waals surface area contributed by atoms with Crippen LogP contribution < -0.4 is 5.32 Å². The van der Waals surface area contributed by atoms with Crippen LogP contribution in [0.2, 0.25) is 0 Å². The molecule has 1 aromatic rings. The zero-order valence-electron chi connectivity index (χ0n) is 16.1. The van der Waals surface area contributed by atoms with Crippen LogP contribution in [-0.2, 0) is 14.8 Å². The zero-order chi connectivity index (χ0) is 19.3. The molecular formula is C20H31N3O3S. The van der Waals surface area contributed by atoms with E-state index in [-0.39, 0.29) is 10.8 Å². The van der Waals surface area contributed by atoms with Gasteiger partial charge in [-0.1, -0.05) is 24.6 Å². The molecule has 2 fully saturated rings. The summed E-state index contributed by atoms with van der Waals surface area (Å²) in [7, 11) is -1.68. The molecule has 1 amide bonds. The third-order valence-corrected chi connectivity index (χ3v) is 7.74. The second-order valence-electron chi connectivity index (χ2n) is 7.60. The van der Waals surface area contributed by atoms with Crippen LogP contribution in [0, 0.1) is 5.92 Å². The number of nitrogens with one attached hydrogen (secondary N) is 1. The van der Waals surface area contributed by atoms with Crippen LogP contribution in [0.25, 0.3) is 0 Å². The van der Waals surface area contributed by atoms with E-state index >= 15 is 0 Å². The fraction of sp³-hybridized carbons (Fsp3) is 0.650. The summed E-state index contributed by atoms with van der Waals surface area (Å²) >= 11 is 0. The van der Waals surface area contributed by atoms with E-state index in [1.54, 1.807) is 30.3 Å². The maximum Gasteiger partial charge on any atom is 0.243 e. The number of sulfonamides is 1. The van der Waals surface area contributed by atoms with Crippen molar-refractivity contribution in [2.45, 2.75) is 49.5 Å². The number of hydrogen-bond donors (Lipinski definition) is 1. The Hall–Kier alpha value is -1.44. The Bertz CT molecular complexity index is 715. The third kappa shape index (κ3) is 4.70. The quantitative estimate of drug-likeness (QED) is 0.803. The van der Waals surface area contributed by atoms with E-state index in [2.05, 4.69) is 5.32 Å². The minimum Gasteiger partial charge on any atom is -0.341 e. The van der Waals surface area contributed by atoms with Crippen LogP contribution in [0.4, 0.5) is 0 Å². The molecule has 6 nitrogen and oxygen atoms in total. The molecule has 0 aromatic heterocycles. The van der Waals surface area contributed by atoms with Gasteiger partial charge >= 0.3 is 0 Å². The fourth-order valence-corrected chi connectivity index (χ4v) is 5.84. The van der Waals surface area contributed by atoms with Gasteiger partial charge in [0.2, 0.25) is 15.9 Å². The largest absolute Gasteiger partial charge is 0.341 e. The number of likely N-dealkylation sites (tertiary alicyclic amines) is 1. The van der Waals surface area contributed by atoms with Gasteiger partial charge in [0.25, 0.3) is 0 Å². The lowest BCUT2D eigenvalue weighted by Gasteiger charge is -2.39. The molecule has 0 aliphatic carbocycles. The van der Waals surface area contributed by atoms with Gasteiger partial charge in [-0.2, -0.15) is 4.31 Å². The smallest absolute Gasteiger partial charge is 0.243 e. The Kier molecular flexibility index (Phi) is 6.89. The first-order chi connectivity index (χ1) is 13.0. The lowest BCUT2D eigenvalue weighted by atomic mass is 9.92. The second-order valence-corrected chi connectivity index (χ2v) is 9.49. The summed E-state index contributed by atoms with van der Waals surface area (Å²) in [4.78, 5) is 15.3. The Morgan fingerprint density at radius 2 is 1.78 bits per heavy atom. The van der Waals surface area contributed by atoms with Crippen LogP contribution in [0.5, 0.6) is 0 Å². The van der Waals surface area contributed by atoms with Crippen LogP contribution in [0.3, 0.4) is 0 Å². The van der Waals surface area contributed by atoms with Crippen molar-refractivity contribution in [2.75, 3.05) is 33.2 Å². The van der Waals surface area contributed by atoms with Gasteiger partial charge in [-0.15, -0.1) is 0 Å². The van der Waals surface area contributed by atoms with Crippen LogP contribution in [0.15, 0.2) is 35.2 Å². The van der Waals surface area contributed by atoms with Gasteiger partial charge in [0.05, 0.1) is 4.90 Å². The molecule has 2 aliphatic rings. The molecule has 1 aromatic carbocycles. The number of amides is 1. The van der Waals surface area contributed by atoms with Gasteiger partial charge in [-0.25, -0.2) is 8.42 Å². The van der Waals surface area contributed by atoms with Gasteiger partial charge in [0.15, 0.2) is 0 Å². The first-order valence-corrected chi connectivity index (χ1v) is 11.5. The maximum absolute atomic E-state index is 13.2. The average Bonchev–Trinajstić information content (AvgIpc) is 2.72. The predicted octanol–water partition coefficient (Wildman–Crippen LogP) is 2.08. The van der Waals surface area contributed by atoms with E-state index in [1.165, 1.54) is 4.31 Å². The first-order valence-electron chi connectivity index (χ1n) is 10.0. The number of benzene rings is 1. The van der Waals surface area contributed by atoms with Gasteiger partial charge < -0.3 is 10.2 Å². The molecule has 3 rings (SSSR count). The monoisotopic (exact) mass is 393 g/mol. The standard InChI is InChI=1S/C20H31N3O3S/c1-21-13-10-17-11-15-22(16-12-17)20(24)19-9-5-6-14-23(19)27(25,26)18-7-3-2-4-8-18/h2-4,7-8,17,19,21H,5-6,9-16H2,1H3. The molecule has 2 aliphatic heterocycles. The van der Waals surface area contributed by atoms with Crippen molar-refractivity contribution < 1.29 is 13.2 Å². The molecule has 2 heterocycles. The zero-order valence-corrected chi connectivity index (χ0v) is 17.0. The highest BCUT2D eigenvalue weighted by Gasteiger charge is 2.40. The van der Waals surface area contributed by atoms with E-state index in [1.807, 2.05) is 11.9 Å². The second kappa shape index (κ2) is 9.17. The van der Waals surface area contributed by atoms with Crippen molar-refractivity contribution in [3.8, 4) is 0 Å². The van der Waals surface area contributed by atoms with Crippen LogP contribution in [-0.4, -0.2) is 62.8 Å². The summed E-state index contributed by atoms with van der Waals surface area (Å²) in [5.74, 6) is 0.637. The summed E-state index contributed by atoms with van der Waals surface area (Å²) in [6.07, 6.45) is 5.47. The number of carbonyl (C=O) groups excluding carboxylic acids is 1. The molecule has 27 heavy (non-hydrogen) atoms. The molecular weight excluding hydrogens is 362 g/mol. The SMILES string of the molecule is CNCCC1CCN(C(=O)C2CCCCN2S(=O)(=O)c2ccccc2)CC1. The molecule has 1 unspecified atom stereocenters. The van der Waals surface area contributed by atoms with Crippen molar-refractivity contribution in [1.82, 2.24) is 14.5 Å². The number of nitrogens with zero attached hydrogens (tertiary/aromatic N) is 2. The van der Waals surface area contributed by atoms with E-state index in [0.29, 0.717) is 18.9 Å². The molecule has 0 saturated carbocycles. The lowest BCUT2D eigenvalue weighted by Crippen LogP contribution is -2.54. The normalized spacial score (nSPS) is 22.7. The molecule has 0 spiro atoms. The Morgan fingerprint density at radius 3 is 2.44 bits per heavy atom. The number of hydrogen-bond acceptors (Lipinski definition) is 4. The number of piperidine rings is 2. The lowest BCUT2D eigenvalue weighted by molar-refractivity contribution is -0.137. The summed E-state index contributed by atoms with van der Waals surface area (Å²) in [6, 6.07) is 7.92. The number of carbonyl (C=O) groups is 1. The molecule has 0 bridgehead atoms. The number of rotatable bonds is 6. The van der Waals surface area contributed by atoms with Crippen molar-refractivity contribution in [2.24, 2.45) is 5.92 Å². The molecule has 1 atom stereocenters. The van der Waals surface area contributed by atoms with Crippen molar-refractivity contribution in [3.63, 3.8) is 0 Å². The third-order valence-electron chi connectivity index (χ3n) is 5.82. The summed E-state index contributed by atoms with van der Waals surface area (Å²) in [5.41, 5.74) is 0. The summed E-state index contributed by atoms with van der Waals surface area (Å²) in [6.45, 7) is 2.91. The topological polar surface area (TPSA) is 69.7 Å². The maximum atomic E-state index is 13.2. The van der Waals surface area contributed by atoms with Gasteiger partial charge in [0, 0.05) is 19.6 Å². The highest BCUT2D eigenvalue weighted by atomic mass is 32.2. The summed E-state index contributed by atoms with van der Waals surface area (Å²) in [5, 5.41) is 3.18. The average molecular weight is 394 g/mol. The van der Waals surface area contributed by atoms with E-state index in [0.717, 1.165) is 51.7 Å². The van der Waals surface area contributed by atoms with E-state index < -0.39 is 16.1 Å².